The van der Waals surface area contributed by atoms with E-state index >= 15 is 0 Å². The number of imidazole rings is 1. The van der Waals surface area contributed by atoms with Crippen LogP contribution in [0.1, 0.15) is 47.8 Å². The zero-order valence-electron chi connectivity index (χ0n) is 23.1. The van der Waals surface area contributed by atoms with E-state index in [1.165, 1.54) is 17.2 Å². The Morgan fingerprint density at radius 3 is 2.20 bits per heavy atom. The number of carbonyl (C=O) groups excluding carboxylic acids is 2. The molecule has 0 aliphatic carbocycles. The molecule has 0 radical (unpaired) electrons. The quantitative estimate of drug-likeness (QED) is 0.219. The first-order valence-electron chi connectivity index (χ1n) is 12.2. The van der Waals surface area contributed by atoms with Crippen LogP contribution in [0.5, 0.6) is 0 Å². The van der Waals surface area contributed by atoms with E-state index in [1.807, 2.05) is 0 Å². The van der Waals surface area contributed by atoms with Crippen LogP contribution in [0.3, 0.4) is 0 Å². The summed E-state index contributed by atoms with van der Waals surface area (Å²) in [6, 6.07) is 0. The van der Waals surface area contributed by atoms with Gasteiger partial charge in [-0.3, -0.25) is 27.8 Å². The van der Waals surface area contributed by atoms with Crippen LogP contribution in [-0.2, 0) is 42.1 Å². The van der Waals surface area contributed by atoms with Crippen molar-refractivity contribution in [1.82, 2.24) is 19.5 Å². The molecule has 3 rings (SSSR count). The minimum Gasteiger partial charge on any atom is -0.438 e. The summed E-state index contributed by atoms with van der Waals surface area (Å²) in [5.41, 5.74) is 4.56. The van der Waals surface area contributed by atoms with Crippen molar-refractivity contribution in [1.29, 1.82) is 0 Å². The lowest BCUT2D eigenvalue weighted by Crippen LogP contribution is -2.30. The van der Waals surface area contributed by atoms with E-state index < -0.39 is 81.5 Å². The van der Waals surface area contributed by atoms with Crippen LogP contribution in [0.2, 0.25) is 0 Å². The number of halogens is 1. The van der Waals surface area contributed by atoms with Gasteiger partial charge in [-0.15, -0.1) is 0 Å². The molecule has 224 valence electrons. The lowest BCUT2D eigenvalue weighted by atomic mass is 9.98. The van der Waals surface area contributed by atoms with Crippen LogP contribution in [0, 0.1) is 10.8 Å². The number of fused-ring (bicyclic) bond motifs is 1. The molecule has 15 nitrogen and oxygen atoms in total. The largest absolute Gasteiger partial charge is 0.438 e. The molecular weight excluding hydrogens is 556 g/mol. The third-order valence-corrected chi connectivity index (χ3v) is 7.08. The topological polar surface area (TPSA) is 196 Å². The van der Waals surface area contributed by atoms with Crippen LogP contribution in [-0.4, -0.2) is 81.5 Å². The number of esters is 2. The SMILES string of the molecule is CC(C)(C)C(=O)OCOP(=O)(COC[C@H]1O[C@@H](n2cnc3c(N)ncnc32)[C@@H](O)C1F)OCOC(=O)C(C)(C)C. The van der Waals surface area contributed by atoms with Gasteiger partial charge in [0.05, 0.1) is 23.8 Å². The summed E-state index contributed by atoms with van der Waals surface area (Å²) in [4.78, 5) is 36.0. The summed E-state index contributed by atoms with van der Waals surface area (Å²) >= 11 is 0. The lowest BCUT2D eigenvalue weighted by molar-refractivity contribution is -0.162. The van der Waals surface area contributed by atoms with Crippen LogP contribution in [0.25, 0.3) is 11.2 Å². The smallest absolute Gasteiger partial charge is 0.361 e. The van der Waals surface area contributed by atoms with Crippen molar-refractivity contribution in [2.45, 2.75) is 66.1 Å². The highest BCUT2D eigenvalue weighted by atomic mass is 31.2. The first kappa shape index (κ1) is 31.8. The molecule has 1 fully saturated rings. The minimum absolute atomic E-state index is 0.102. The Morgan fingerprint density at radius 2 is 1.65 bits per heavy atom. The van der Waals surface area contributed by atoms with Gasteiger partial charge in [0.15, 0.2) is 23.9 Å². The van der Waals surface area contributed by atoms with Crippen molar-refractivity contribution in [2.75, 3.05) is 32.3 Å². The van der Waals surface area contributed by atoms with Crippen molar-refractivity contribution in [3.63, 3.8) is 0 Å². The molecule has 4 atom stereocenters. The molecule has 3 N–H and O–H groups in total. The molecule has 1 aliphatic rings. The number of carbonyl (C=O) groups is 2. The molecule has 40 heavy (non-hydrogen) atoms. The molecule has 1 saturated heterocycles. The number of nitrogens with two attached hydrogens (primary N) is 1. The van der Waals surface area contributed by atoms with Crippen molar-refractivity contribution in [3.8, 4) is 0 Å². The molecular formula is C23H35FN5O10P. The van der Waals surface area contributed by atoms with Crippen molar-refractivity contribution in [3.05, 3.63) is 12.7 Å². The number of alkyl halides is 1. The van der Waals surface area contributed by atoms with Gasteiger partial charge in [-0.2, -0.15) is 0 Å². The Labute approximate surface area is 230 Å². The summed E-state index contributed by atoms with van der Waals surface area (Å²) in [5.74, 6) is -1.15. The number of ether oxygens (including phenoxy) is 4. The number of aromatic nitrogens is 4. The summed E-state index contributed by atoms with van der Waals surface area (Å²) in [7, 11) is -4.19. The molecule has 1 aliphatic heterocycles. The average Bonchev–Trinajstić information content (AvgIpc) is 3.40. The van der Waals surface area contributed by atoms with Gasteiger partial charge >= 0.3 is 19.5 Å². The van der Waals surface area contributed by atoms with Crippen LogP contribution >= 0.6 is 7.60 Å². The van der Waals surface area contributed by atoms with Gasteiger partial charge in [0, 0.05) is 0 Å². The third kappa shape index (κ3) is 7.71. The van der Waals surface area contributed by atoms with Crippen LogP contribution in [0.15, 0.2) is 12.7 Å². The molecule has 0 spiro atoms. The summed E-state index contributed by atoms with van der Waals surface area (Å²) in [6.45, 7) is 7.74. The fourth-order valence-corrected chi connectivity index (χ4v) is 4.25. The van der Waals surface area contributed by atoms with Gasteiger partial charge in [-0.1, -0.05) is 0 Å². The van der Waals surface area contributed by atoms with Gasteiger partial charge in [-0.25, -0.2) is 19.3 Å². The minimum atomic E-state index is -4.19. The van der Waals surface area contributed by atoms with Crippen LogP contribution in [0.4, 0.5) is 10.2 Å². The number of rotatable bonds is 11. The van der Waals surface area contributed by atoms with E-state index in [1.54, 1.807) is 41.5 Å². The summed E-state index contributed by atoms with van der Waals surface area (Å²) < 4.78 is 60.8. The van der Waals surface area contributed by atoms with Crippen molar-refractivity contribution < 1.29 is 51.6 Å². The third-order valence-electron chi connectivity index (χ3n) is 5.58. The Kier molecular flexibility index (Phi) is 9.86. The summed E-state index contributed by atoms with van der Waals surface area (Å²) in [5, 5.41) is 10.5. The van der Waals surface area contributed by atoms with E-state index in [2.05, 4.69) is 15.0 Å². The second kappa shape index (κ2) is 12.4. The van der Waals surface area contributed by atoms with E-state index in [-0.39, 0.29) is 17.0 Å². The van der Waals surface area contributed by atoms with E-state index in [0.29, 0.717) is 0 Å². The number of nitrogen functional groups attached to an aromatic ring is 1. The zero-order chi connectivity index (χ0) is 29.9. The molecule has 2 aromatic heterocycles. The fourth-order valence-electron chi connectivity index (χ4n) is 3.28. The Balaban J connectivity index is 1.62. The van der Waals surface area contributed by atoms with E-state index in [0.717, 1.165) is 0 Å². The van der Waals surface area contributed by atoms with Crippen molar-refractivity contribution >= 4 is 36.5 Å². The molecule has 1 unspecified atom stereocenters. The molecule has 0 aromatic carbocycles. The first-order chi connectivity index (χ1) is 18.5. The predicted octanol–water partition coefficient (Wildman–Crippen LogP) is 2.30. The Bertz CT molecular complexity index is 1210. The second-order valence-electron chi connectivity index (χ2n) is 11.1. The van der Waals surface area contributed by atoms with Gasteiger partial charge in [-0.05, 0) is 41.5 Å². The number of aliphatic hydroxyl groups excluding tert-OH is 1. The van der Waals surface area contributed by atoms with Gasteiger partial charge in [0.1, 0.15) is 30.4 Å². The molecule has 3 heterocycles. The highest BCUT2D eigenvalue weighted by Gasteiger charge is 2.46. The maximum Gasteiger partial charge on any atom is 0.361 e. The average molecular weight is 592 g/mol. The Hall–Kier alpha value is -2.75. The number of nitrogens with zero attached hydrogens (tertiary/aromatic N) is 4. The second-order valence-corrected chi connectivity index (χ2v) is 13.0. The maximum atomic E-state index is 14.9. The maximum absolute atomic E-state index is 14.9. The Morgan fingerprint density at radius 1 is 1.07 bits per heavy atom. The van der Waals surface area contributed by atoms with Crippen molar-refractivity contribution in [2.24, 2.45) is 10.8 Å². The first-order valence-corrected chi connectivity index (χ1v) is 14.0. The van der Waals surface area contributed by atoms with E-state index in [9.17, 15) is 23.7 Å². The molecule has 2 aromatic rings. The number of hydrogen-bond donors (Lipinski definition) is 2. The molecule has 0 saturated carbocycles. The van der Waals surface area contributed by atoms with E-state index in [4.69, 9.17) is 33.7 Å². The highest BCUT2D eigenvalue weighted by molar-refractivity contribution is 7.53. The predicted molar refractivity (Wildman–Crippen MR) is 136 cm³/mol. The highest BCUT2D eigenvalue weighted by Crippen LogP contribution is 2.48. The van der Waals surface area contributed by atoms with Crippen LogP contribution < -0.4 is 5.73 Å². The normalized spacial score (nSPS) is 22.0. The number of aliphatic hydroxyl groups is 1. The number of hydrogen-bond acceptors (Lipinski definition) is 14. The standard InChI is InChI=1S/C23H35FN5O10P/c1-22(2,3)20(31)35-10-37-40(33,38-11-36-21(32)23(4,5)6)12-34-7-13-14(24)16(30)19(39-13)29-9-28-15-17(25)26-8-27-18(15)29/h8-9,13-14,16,19,30H,7,10-12H2,1-6H3,(H2,25,26,27)/t13-,14?,16+,19-/m1/s1. The zero-order valence-corrected chi connectivity index (χ0v) is 24.0. The van der Waals surface area contributed by atoms with Gasteiger partial charge in [0.25, 0.3) is 0 Å². The monoisotopic (exact) mass is 591 g/mol. The number of anilines is 1. The summed E-state index contributed by atoms with van der Waals surface area (Å²) in [6.07, 6.45) is -4.28. The fraction of sp³-hybridized carbons (Fsp3) is 0.696. The van der Waals surface area contributed by atoms with Gasteiger partial charge in [0.2, 0.25) is 13.6 Å². The lowest BCUT2D eigenvalue weighted by Gasteiger charge is -2.22. The molecule has 17 heteroatoms. The van der Waals surface area contributed by atoms with Gasteiger partial charge < -0.3 is 29.8 Å². The molecule has 0 bridgehead atoms. The molecule has 0 amide bonds.